The molecule has 3 heteroatoms. The van der Waals surface area contributed by atoms with Crippen LogP contribution in [0.2, 0.25) is 0 Å². The monoisotopic (exact) mass is 202 g/mol. The van der Waals surface area contributed by atoms with Crippen LogP contribution in [-0.4, -0.2) is 48.6 Å². The van der Waals surface area contributed by atoms with E-state index in [-0.39, 0.29) is 0 Å². The second kappa shape index (κ2) is 4.45. The van der Waals surface area contributed by atoms with Crippen LogP contribution in [0.5, 0.6) is 0 Å². The maximum absolute atomic E-state index is 5.81. The van der Waals surface area contributed by atoms with Crippen LogP contribution in [0, 0.1) is 0 Å². The summed E-state index contributed by atoms with van der Waals surface area (Å²) in [4.78, 5) is 4.78. The summed E-state index contributed by atoms with van der Waals surface area (Å²) in [5, 5.41) is 0.739. The predicted octanol–water partition coefficient (Wildman–Crippen LogP) is 1.76. The number of nitrogens with zero attached hydrogens (tertiary/aromatic N) is 2. The van der Waals surface area contributed by atoms with Crippen molar-refractivity contribution < 1.29 is 0 Å². The summed E-state index contributed by atoms with van der Waals surface area (Å²) in [6.45, 7) is 11.3. The van der Waals surface area contributed by atoms with Crippen molar-refractivity contribution in [3.63, 3.8) is 0 Å². The van der Waals surface area contributed by atoms with Gasteiger partial charge in [-0.05, 0) is 20.9 Å². The topological polar surface area (TPSA) is 6.48 Å². The van der Waals surface area contributed by atoms with E-state index in [9.17, 15) is 0 Å². The number of hydrogen-bond donors (Lipinski definition) is 0. The molecule has 2 unspecified atom stereocenters. The van der Waals surface area contributed by atoms with Crippen molar-refractivity contribution in [3.05, 3.63) is 11.6 Å². The van der Waals surface area contributed by atoms with E-state index in [0.29, 0.717) is 12.1 Å². The molecule has 0 aromatic heterocycles. The summed E-state index contributed by atoms with van der Waals surface area (Å²) in [6.07, 6.45) is 0. The molecule has 0 N–H and O–H groups in total. The van der Waals surface area contributed by atoms with Gasteiger partial charge < -0.3 is 4.90 Å². The summed E-state index contributed by atoms with van der Waals surface area (Å²) in [5.74, 6) is 0. The number of rotatable bonds is 2. The third-order valence-electron chi connectivity index (χ3n) is 3.08. The highest BCUT2D eigenvalue weighted by molar-refractivity contribution is 6.29. The zero-order valence-electron chi connectivity index (χ0n) is 8.76. The van der Waals surface area contributed by atoms with Gasteiger partial charge in [-0.2, -0.15) is 0 Å². The van der Waals surface area contributed by atoms with Crippen molar-refractivity contribution in [2.75, 3.05) is 26.7 Å². The molecule has 1 aliphatic rings. The lowest BCUT2D eigenvalue weighted by atomic mass is 10.1. The first-order valence-electron chi connectivity index (χ1n) is 4.80. The molecule has 0 aromatic carbocycles. The molecule has 1 rings (SSSR count). The van der Waals surface area contributed by atoms with Crippen molar-refractivity contribution in [2.24, 2.45) is 0 Å². The summed E-state index contributed by atoms with van der Waals surface area (Å²) >= 11 is 5.81. The fourth-order valence-corrected chi connectivity index (χ4v) is 1.96. The Bertz CT molecular complexity index is 193. The van der Waals surface area contributed by atoms with Crippen molar-refractivity contribution in [1.82, 2.24) is 9.80 Å². The molecule has 1 fully saturated rings. The molecule has 0 bridgehead atoms. The highest BCUT2D eigenvalue weighted by Gasteiger charge is 2.27. The van der Waals surface area contributed by atoms with E-state index in [1.165, 1.54) is 0 Å². The molecule has 0 radical (unpaired) electrons. The molecule has 2 nitrogen and oxygen atoms in total. The van der Waals surface area contributed by atoms with Crippen LogP contribution in [0.4, 0.5) is 0 Å². The molecular formula is C10H19ClN2. The van der Waals surface area contributed by atoms with Crippen LogP contribution in [0.1, 0.15) is 13.8 Å². The second-order valence-corrected chi connectivity index (χ2v) is 4.48. The SMILES string of the molecule is C=C(Cl)CN1CCN(C)C(C)C1C. The minimum absolute atomic E-state index is 0.564. The third-order valence-corrected chi connectivity index (χ3v) is 3.20. The lowest BCUT2D eigenvalue weighted by molar-refractivity contribution is 0.0607. The molecule has 0 amide bonds. The molecule has 1 heterocycles. The van der Waals surface area contributed by atoms with E-state index < -0.39 is 0 Å². The van der Waals surface area contributed by atoms with Crippen LogP contribution in [0.25, 0.3) is 0 Å². The van der Waals surface area contributed by atoms with Gasteiger partial charge in [-0.3, -0.25) is 4.90 Å². The molecule has 13 heavy (non-hydrogen) atoms. The maximum atomic E-state index is 5.81. The fraction of sp³-hybridized carbons (Fsp3) is 0.800. The molecule has 2 atom stereocenters. The van der Waals surface area contributed by atoms with Gasteiger partial charge in [-0.25, -0.2) is 0 Å². The van der Waals surface area contributed by atoms with Crippen LogP contribution in [0.15, 0.2) is 11.6 Å². The van der Waals surface area contributed by atoms with E-state index >= 15 is 0 Å². The first-order chi connectivity index (χ1) is 6.02. The van der Waals surface area contributed by atoms with Gasteiger partial charge >= 0.3 is 0 Å². The number of piperazine rings is 1. The maximum Gasteiger partial charge on any atom is 0.0339 e. The van der Waals surface area contributed by atoms with Gasteiger partial charge in [0, 0.05) is 36.8 Å². The zero-order chi connectivity index (χ0) is 10.0. The van der Waals surface area contributed by atoms with Gasteiger partial charge in [0.1, 0.15) is 0 Å². The van der Waals surface area contributed by atoms with Gasteiger partial charge in [-0.15, -0.1) is 0 Å². The van der Waals surface area contributed by atoms with Crippen molar-refractivity contribution in [2.45, 2.75) is 25.9 Å². The average molecular weight is 203 g/mol. The standard InChI is InChI=1S/C10H19ClN2/c1-8(11)7-13-6-5-12(4)9(2)10(13)3/h9-10H,1,5-7H2,2-4H3. The summed E-state index contributed by atoms with van der Waals surface area (Å²) in [5.41, 5.74) is 0. The van der Waals surface area contributed by atoms with E-state index in [0.717, 1.165) is 24.7 Å². The number of halogens is 1. The molecule has 0 aromatic rings. The Kier molecular flexibility index (Phi) is 3.77. The Labute approximate surface area is 86.2 Å². The molecule has 1 saturated heterocycles. The van der Waals surface area contributed by atoms with Crippen molar-refractivity contribution in [1.29, 1.82) is 0 Å². The summed E-state index contributed by atoms with van der Waals surface area (Å²) < 4.78 is 0. The highest BCUT2D eigenvalue weighted by atomic mass is 35.5. The van der Waals surface area contributed by atoms with E-state index in [1.807, 2.05) is 0 Å². The predicted molar refractivity (Wildman–Crippen MR) is 58.1 cm³/mol. The van der Waals surface area contributed by atoms with Crippen LogP contribution in [-0.2, 0) is 0 Å². The second-order valence-electron chi connectivity index (χ2n) is 3.95. The Morgan fingerprint density at radius 2 is 2.00 bits per heavy atom. The third kappa shape index (κ3) is 2.70. The quantitative estimate of drug-likeness (QED) is 0.674. The van der Waals surface area contributed by atoms with Gasteiger partial charge in [0.2, 0.25) is 0 Å². The number of hydrogen-bond acceptors (Lipinski definition) is 2. The first kappa shape index (κ1) is 11.0. The Morgan fingerprint density at radius 1 is 1.38 bits per heavy atom. The molecule has 1 aliphatic heterocycles. The molecule has 0 saturated carbocycles. The van der Waals surface area contributed by atoms with Gasteiger partial charge in [-0.1, -0.05) is 18.2 Å². The summed E-state index contributed by atoms with van der Waals surface area (Å²) in [6, 6.07) is 1.17. The Morgan fingerprint density at radius 3 is 2.54 bits per heavy atom. The van der Waals surface area contributed by atoms with Crippen molar-refractivity contribution in [3.8, 4) is 0 Å². The van der Waals surface area contributed by atoms with Gasteiger partial charge in [0.25, 0.3) is 0 Å². The van der Waals surface area contributed by atoms with Crippen LogP contribution >= 0.6 is 11.6 Å². The lowest BCUT2D eigenvalue weighted by Crippen LogP contribution is -2.55. The first-order valence-corrected chi connectivity index (χ1v) is 5.17. The van der Waals surface area contributed by atoms with Crippen LogP contribution < -0.4 is 0 Å². The van der Waals surface area contributed by atoms with Crippen molar-refractivity contribution >= 4 is 11.6 Å². The Balaban J connectivity index is 2.53. The lowest BCUT2D eigenvalue weighted by Gasteiger charge is -2.43. The Hall–Kier alpha value is -0.0500. The van der Waals surface area contributed by atoms with E-state index in [2.05, 4.69) is 37.3 Å². The van der Waals surface area contributed by atoms with Gasteiger partial charge in [0.05, 0.1) is 0 Å². The smallest absolute Gasteiger partial charge is 0.0339 e. The van der Waals surface area contributed by atoms with Crippen LogP contribution in [0.3, 0.4) is 0 Å². The minimum atomic E-state index is 0.564. The van der Waals surface area contributed by atoms with Gasteiger partial charge in [0.15, 0.2) is 0 Å². The molecular weight excluding hydrogens is 184 g/mol. The highest BCUT2D eigenvalue weighted by Crippen LogP contribution is 2.16. The van der Waals surface area contributed by atoms with E-state index in [1.54, 1.807) is 0 Å². The normalized spacial score (nSPS) is 32.0. The molecule has 0 aliphatic carbocycles. The largest absolute Gasteiger partial charge is 0.301 e. The summed E-state index contributed by atoms with van der Waals surface area (Å²) in [7, 11) is 2.17. The average Bonchev–Trinajstić information content (AvgIpc) is 2.06. The molecule has 76 valence electrons. The zero-order valence-corrected chi connectivity index (χ0v) is 9.51. The fourth-order valence-electron chi connectivity index (χ4n) is 1.81. The number of likely N-dealkylation sites (N-methyl/N-ethyl adjacent to an activating group) is 1. The van der Waals surface area contributed by atoms with E-state index in [4.69, 9.17) is 11.6 Å². The molecule has 0 spiro atoms. The minimum Gasteiger partial charge on any atom is -0.301 e.